The Balaban J connectivity index is 1.53. The van der Waals surface area contributed by atoms with Crippen LogP contribution >= 0.6 is 11.6 Å². The summed E-state index contributed by atoms with van der Waals surface area (Å²) in [5, 5.41) is 6.80. The van der Waals surface area contributed by atoms with Crippen LogP contribution in [0.5, 0.6) is 0 Å². The number of carbonyl (C=O) groups is 1. The second-order valence-corrected chi connectivity index (χ2v) is 13.1. The van der Waals surface area contributed by atoms with Crippen molar-refractivity contribution in [1.82, 2.24) is 9.62 Å². The standard InChI is InChI=1S/C29H40ClFN4O4S/c1-3-22-17-33-18-23(35(22)40(2,37)38)11-12-24-25(31)5-4-6-26(24)34-29(36)28(32)27(20-13-15-39-16-14-20)19-7-9-21(30)10-8-19/h4-10,20,22-23,27-28,33H,3,11-18,32H2,1-2H3,(H,34,36)/t22-,23+,27?,28+/m1/s1. The summed E-state index contributed by atoms with van der Waals surface area (Å²) in [6.07, 6.45) is 4.13. The van der Waals surface area contributed by atoms with Crippen molar-refractivity contribution in [2.24, 2.45) is 11.7 Å². The number of hydrogen-bond donors (Lipinski definition) is 3. The van der Waals surface area contributed by atoms with Crippen LogP contribution in [0.3, 0.4) is 0 Å². The normalized spacial score (nSPS) is 22.5. The van der Waals surface area contributed by atoms with Gasteiger partial charge in [-0.1, -0.05) is 36.7 Å². The summed E-state index contributed by atoms with van der Waals surface area (Å²) in [4.78, 5) is 13.6. The molecule has 1 unspecified atom stereocenters. The number of ether oxygens (including phenoxy) is 1. The van der Waals surface area contributed by atoms with Crippen molar-refractivity contribution in [3.63, 3.8) is 0 Å². The first-order valence-corrected chi connectivity index (χ1v) is 16.2. The summed E-state index contributed by atoms with van der Waals surface area (Å²) in [5.74, 6) is -0.969. The van der Waals surface area contributed by atoms with Gasteiger partial charge in [0.2, 0.25) is 15.9 Å². The van der Waals surface area contributed by atoms with Crippen molar-refractivity contribution in [2.45, 2.75) is 63.1 Å². The molecule has 4 atom stereocenters. The number of rotatable bonds is 10. The molecule has 2 aliphatic heterocycles. The van der Waals surface area contributed by atoms with Crippen LogP contribution in [0.4, 0.5) is 10.1 Å². The van der Waals surface area contributed by atoms with Gasteiger partial charge in [-0.15, -0.1) is 0 Å². The molecule has 0 spiro atoms. The molecule has 1 amide bonds. The lowest BCUT2D eigenvalue weighted by atomic mass is 9.76. The molecular formula is C29H40ClFN4O4S. The van der Waals surface area contributed by atoms with E-state index in [0.29, 0.717) is 55.4 Å². The Kier molecular flexibility index (Phi) is 10.6. The smallest absolute Gasteiger partial charge is 0.241 e. The summed E-state index contributed by atoms with van der Waals surface area (Å²) >= 11 is 6.11. The van der Waals surface area contributed by atoms with Gasteiger partial charge in [-0.2, -0.15) is 4.31 Å². The van der Waals surface area contributed by atoms with E-state index in [1.165, 1.54) is 12.3 Å². The van der Waals surface area contributed by atoms with Gasteiger partial charge in [-0.05, 0) is 67.9 Å². The van der Waals surface area contributed by atoms with E-state index in [-0.39, 0.29) is 30.3 Å². The molecule has 4 rings (SSSR count). The van der Waals surface area contributed by atoms with Crippen LogP contribution in [0.1, 0.15) is 49.7 Å². The number of hydrogen-bond acceptors (Lipinski definition) is 6. The van der Waals surface area contributed by atoms with Gasteiger partial charge in [0.25, 0.3) is 0 Å². The number of nitrogens with two attached hydrogens (primary N) is 1. The first-order valence-electron chi connectivity index (χ1n) is 14.0. The van der Waals surface area contributed by atoms with Gasteiger partial charge >= 0.3 is 0 Å². The van der Waals surface area contributed by atoms with Gasteiger partial charge in [-0.3, -0.25) is 4.79 Å². The second kappa shape index (κ2) is 13.7. The number of nitrogens with zero attached hydrogens (tertiary/aromatic N) is 1. The molecule has 0 radical (unpaired) electrons. The number of carbonyl (C=O) groups excluding carboxylic acids is 1. The number of anilines is 1. The maximum atomic E-state index is 15.1. The molecule has 2 heterocycles. The fourth-order valence-electron chi connectivity index (χ4n) is 6.14. The van der Waals surface area contributed by atoms with Crippen molar-refractivity contribution in [3.05, 3.63) is 64.4 Å². The number of piperazine rings is 1. The minimum Gasteiger partial charge on any atom is -0.381 e. The van der Waals surface area contributed by atoms with Gasteiger partial charge in [-0.25, -0.2) is 12.8 Å². The van der Waals surface area contributed by atoms with Gasteiger partial charge in [0.15, 0.2) is 0 Å². The highest BCUT2D eigenvalue weighted by molar-refractivity contribution is 7.88. The fraction of sp³-hybridized carbons (Fsp3) is 0.552. The van der Waals surface area contributed by atoms with E-state index in [4.69, 9.17) is 22.1 Å². The zero-order valence-electron chi connectivity index (χ0n) is 23.1. The molecular weight excluding hydrogens is 555 g/mol. The third-order valence-electron chi connectivity index (χ3n) is 8.16. The predicted molar refractivity (Wildman–Crippen MR) is 156 cm³/mol. The van der Waals surface area contributed by atoms with Crippen molar-refractivity contribution in [1.29, 1.82) is 0 Å². The quantitative estimate of drug-likeness (QED) is 0.384. The molecule has 40 heavy (non-hydrogen) atoms. The third kappa shape index (κ3) is 7.40. The van der Waals surface area contributed by atoms with Gasteiger partial charge in [0, 0.05) is 60.6 Å². The Labute approximate surface area is 241 Å². The predicted octanol–water partition coefficient (Wildman–Crippen LogP) is 3.90. The third-order valence-corrected chi connectivity index (χ3v) is 9.77. The van der Waals surface area contributed by atoms with Crippen LogP contribution in [0.15, 0.2) is 42.5 Å². The first kappa shape index (κ1) is 30.9. The van der Waals surface area contributed by atoms with Crippen LogP contribution in [-0.4, -0.2) is 69.3 Å². The Bertz CT molecular complexity index is 1260. The largest absolute Gasteiger partial charge is 0.381 e. The number of sulfonamides is 1. The highest BCUT2D eigenvalue weighted by atomic mass is 35.5. The highest BCUT2D eigenvalue weighted by Gasteiger charge is 2.37. The number of halogens is 2. The maximum absolute atomic E-state index is 15.1. The Hall–Kier alpha value is -2.08. The van der Waals surface area contributed by atoms with Crippen LogP contribution in [0.2, 0.25) is 5.02 Å². The SMILES string of the molecule is CC[C@@H]1CNC[C@H](CCc2c(F)cccc2NC(=O)[C@@H](N)C(c2ccc(Cl)cc2)C2CCOCC2)N1S(C)(=O)=O. The molecule has 2 saturated heterocycles. The molecule has 11 heteroatoms. The molecule has 0 saturated carbocycles. The molecule has 2 aromatic rings. The second-order valence-electron chi connectivity index (χ2n) is 10.8. The molecule has 8 nitrogen and oxygen atoms in total. The summed E-state index contributed by atoms with van der Waals surface area (Å²) in [6.45, 7) is 4.24. The molecule has 220 valence electrons. The lowest BCUT2D eigenvalue weighted by Crippen LogP contribution is -2.58. The minimum atomic E-state index is -3.44. The summed E-state index contributed by atoms with van der Waals surface area (Å²) < 4.78 is 47.4. The number of benzene rings is 2. The summed E-state index contributed by atoms with van der Waals surface area (Å²) in [5.41, 5.74) is 8.24. The average molecular weight is 595 g/mol. The zero-order valence-corrected chi connectivity index (χ0v) is 24.7. The lowest BCUT2D eigenvalue weighted by molar-refractivity contribution is -0.118. The Morgan fingerprint density at radius 2 is 1.85 bits per heavy atom. The lowest BCUT2D eigenvalue weighted by Gasteiger charge is -2.40. The van der Waals surface area contributed by atoms with Crippen molar-refractivity contribution in [2.75, 3.05) is 37.9 Å². The van der Waals surface area contributed by atoms with E-state index in [1.807, 2.05) is 19.1 Å². The average Bonchev–Trinajstić information content (AvgIpc) is 2.93. The Morgan fingerprint density at radius 3 is 2.50 bits per heavy atom. The molecule has 2 aromatic carbocycles. The van der Waals surface area contributed by atoms with Gasteiger partial charge in [0.05, 0.1) is 12.3 Å². The van der Waals surface area contributed by atoms with Crippen LogP contribution in [0.25, 0.3) is 0 Å². The van der Waals surface area contributed by atoms with Crippen LogP contribution in [0, 0.1) is 11.7 Å². The maximum Gasteiger partial charge on any atom is 0.241 e. The van der Waals surface area contributed by atoms with E-state index < -0.39 is 27.8 Å². The molecule has 0 aromatic heterocycles. The van der Waals surface area contributed by atoms with Gasteiger partial charge in [0.1, 0.15) is 5.82 Å². The van der Waals surface area contributed by atoms with Crippen molar-refractivity contribution >= 4 is 33.2 Å². The fourth-order valence-corrected chi connectivity index (χ4v) is 7.76. The van der Waals surface area contributed by atoms with E-state index in [1.54, 1.807) is 28.6 Å². The zero-order chi connectivity index (χ0) is 28.9. The highest BCUT2D eigenvalue weighted by Crippen LogP contribution is 2.35. The number of amides is 1. The first-order chi connectivity index (χ1) is 19.1. The van der Waals surface area contributed by atoms with Crippen molar-refractivity contribution in [3.8, 4) is 0 Å². The van der Waals surface area contributed by atoms with E-state index in [9.17, 15) is 13.2 Å². The Morgan fingerprint density at radius 1 is 1.18 bits per heavy atom. The van der Waals surface area contributed by atoms with Crippen molar-refractivity contribution < 1.29 is 22.3 Å². The topological polar surface area (TPSA) is 114 Å². The van der Waals surface area contributed by atoms with E-state index in [2.05, 4.69) is 10.6 Å². The van der Waals surface area contributed by atoms with E-state index >= 15 is 4.39 Å². The number of nitrogens with one attached hydrogen (secondary N) is 2. The van der Waals surface area contributed by atoms with Gasteiger partial charge < -0.3 is 21.1 Å². The monoisotopic (exact) mass is 594 g/mol. The summed E-state index contributed by atoms with van der Waals surface area (Å²) in [6, 6.07) is 10.6. The molecule has 4 N–H and O–H groups in total. The molecule has 2 aliphatic rings. The molecule has 2 fully saturated rings. The summed E-state index contributed by atoms with van der Waals surface area (Å²) in [7, 11) is -3.44. The minimum absolute atomic E-state index is 0.148. The van der Waals surface area contributed by atoms with Crippen LogP contribution in [-0.2, 0) is 26.0 Å². The van der Waals surface area contributed by atoms with E-state index in [0.717, 1.165) is 18.4 Å². The molecule has 0 aliphatic carbocycles. The van der Waals surface area contributed by atoms with Crippen LogP contribution < -0.4 is 16.4 Å². The molecule has 0 bridgehead atoms.